The van der Waals surface area contributed by atoms with Gasteiger partial charge in [0.2, 0.25) is 11.2 Å². The Morgan fingerprint density at radius 1 is 1.50 bits per heavy atom. The van der Waals surface area contributed by atoms with Crippen molar-refractivity contribution in [1.29, 1.82) is 0 Å². The van der Waals surface area contributed by atoms with Crippen molar-refractivity contribution in [3.63, 3.8) is 0 Å². The minimum absolute atomic E-state index is 0.270. The molecule has 0 amide bonds. The first kappa shape index (κ1) is 12.0. The van der Waals surface area contributed by atoms with Crippen molar-refractivity contribution in [2.24, 2.45) is 0 Å². The molecule has 1 heterocycles. The van der Waals surface area contributed by atoms with Crippen LogP contribution in [0.1, 0.15) is 6.92 Å². The van der Waals surface area contributed by atoms with Crippen LogP contribution in [0.4, 0.5) is 0 Å². The van der Waals surface area contributed by atoms with Gasteiger partial charge in [-0.05, 0) is 59.0 Å². The zero-order chi connectivity index (χ0) is 11.5. The fourth-order valence-corrected chi connectivity index (χ4v) is 2.84. The molecule has 0 bridgehead atoms. The molecule has 0 aliphatic carbocycles. The fourth-order valence-electron chi connectivity index (χ4n) is 1.21. The smallest absolute Gasteiger partial charge is 0.231 e. The monoisotopic (exact) mass is 320 g/mol. The van der Waals surface area contributed by atoms with E-state index in [1.807, 2.05) is 19.1 Å². The molecule has 16 heavy (non-hydrogen) atoms. The van der Waals surface area contributed by atoms with Crippen molar-refractivity contribution in [2.75, 3.05) is 13.4 Å². The van der Waals surface area contributed by atoms with Crippen LogP contribution in [-0.4, -0.2) is 17.8 Å². The maximum atomic E-state index is 5.30. The Labute approximate surface area is 112 Å². The molecule has 2 rings (SSSR count). The second kappa shape index (κ2) is 5.25. The first-order valence-electron chi connectivity index (χ1n) is 4.64. The standard InChI is InChI=1S/C10H9BrO3S2/c1-2-12-10(15)16-9-4-8-7(3-6(9)11)13-5-14-8/h3-4H,2,5H2,1H3. The fraction of sp³-hybridized carbons (Fsp3) is 0.300. The second-order valence-electron chi connectivity index (χ2n) is 2.92. The summed E-state index contributed by atoms with van der Waals surface area (Å²) < 4.78 is 17.2. The van der Waals surface area contributed by atoms with Gasteiger partial charge in [-0.25, -0.2) is 0 Å². The van der Waals surface area contributed by atoms with Crippen molar-refractivity contribution >= 4 is 44.3 Å². The van der Waals surface area contributed by atoms with E-state index in [2.05, 4.69) is 15.9 Å². The molecule has 0 saturated carbocycles. The van der Waals surface area contributed by atoms with Crippen LogP contribution in [0.2, 0.25) is 0 Å². The summed E-state index contributed by atoms with van der Waals surface area (Å²) in [6.07, 6.45) is 0. The first-order chi connectivity index (χ1) is 7.70. The summed E-state index contributed by atoms with van der Waals surface area (Å²) in [5.41, 5.74) is 0. The van der Waals surface area contributed by atoms with Gasteiger partial charge in [0.1, 0.15) is 0 Å². The lowest BCUT2D eigenvalue weighted by atomic mass is 10.3. The number of halogens is 1. The predicted octanol–water partition coefficient (Wildman–Crippen LogP) is 3.59. The number of hydrogen-bond acceptors (Lipinski definition) is 5. The molecule has 0 aromatic heterocycles. The molecule has 6 heteroatoms. The Hall–Kier alpha value is -0.460. The molecule has 1 aliphatic rings. The van der Waals surface area contributed by atoms with E-state index >= 15 is 0 Å². The summed E-state index contributed by atoms with van der Waals surface area (Å²) in [6, 6.07) is 3.77. The van der Waals surface area contributed by atoms with E-state index in [1.54, 1.807) is 0 Å². The Balaban J connectivity index is 2.18. The Morgan fingerprint density at radius 2 is 2.19 bits per heavy atom. The van der Waals surface area contributed by atoms with E-state index in [9.17, 15) is 0 Å². The average Bonchev–Trinajstić information content (AvgIpc) is 2.65. The Kier molecular flexibility index (Phi) is 3.94. The van der Waals surface area contributed by atoms with Crippen LogP contribution in [0.3, 0.4) is 0 Å². The van der Waals surface area contributed by atoms with Crippen LogP contribution >= 0.6 is 39.9 Å². The third-order valence-electron chi connectivity index (χ3n) is 1.88. The highest BCUT2D eigenvalue weighted by atomic mass is 79.9. The molecule has 0 atom stereocenters. The number of ether oxygens (including phenoxy) is 3. The summed E-state index contributed by atoms with van der Waals surface area (Å²) in [4.78, 5) is 0.961. The zero-order valence-corrected chi connectivity index (χ0v) is 11.7. The van der Waals surface area contributed by atoms with E-state index in [4.69, 9.17) is 26.4 Å². The van der Waals surface area contributed by atoms with Gasteiger partial charge >= 0.3 is 0 Å². The maximum Gasteiger partial charge on any atom is 0.231 e. The van der Waals surface area contributed by atoms with E-state index in [1.165, 1.54) is 11.8 Å². The highest BCUT2D eigenvalue weighted by molar-refractivity contribution is 9.10. The van der Waals surface area contributed by atoms with E-state index in [0.29, 0.717) is 11.0 Å². The lowest BCUT2D eigenvalue weighted by Gasteiger charge is -2.07. The minimum Gasteiger partial charge on any atom is -0.479 e. The normalized spacial score (nSPS) is 12.6. The third-order valence-corrected chi connectivity index (χ3v) is 4.01. The van der Waals surface area contributed by atoms with Gasteiger partial charge in [-0.15, -0.1) is 0 Å². The lowest BCUT2D eigenvalue weighted by Crippen LogP contribution is -1.95. The van der Waals surface area contributed by atoms with Crippen molar-refractivity contribution < 1.29 is 14.2 Å². The molecule has 3 nitrogen and oxygen atoms in total. The summed E-state index contributed by atoms with van der Waals surface area (Å²) in [5, 5.41) is 0. The van der Waals surface area contributed by atoms with Crippen LogP contribution in [0.25, 0.3) is 0 Å². The number of thioether (sulfide) groups is 1. The Morgan fingerprint density at radius 3 is 2.88 bits per heavy atom. The van der Waals surface area contributed by atoms with Crippen LogP contribution in [-0.2, 0) is 4.74 Å². The number of benzene rings is 1. The molecule has 0 N–H and O–H groups in total. The number of fused-ring (bicyclic) bond motifs is 1. The highest BCUT2D eigenvalue weighted by Crippen LogP contribution is 2.41. The third kappa shape index (κ3) is 2.61. The van der Waals surface area contributed by atoms with Crippen molar-refractivity contribution in [2.45, 2.75) is 11.8 Å². The largest absolute Gasteiger partial charge is 0.479 e. The first-order valence-corrected chi connectivity index (χ1v) is 6.66. The van der Waals surface area contributed by atoms with Crippen LogP contribution in [0, 0.1) is 0 Å². The summed E-state index contributed by atoms with van der Waals surface area (Å²) >= 11 is 9.92. The average molecular weight is 321 g/mol. The van der Waals surface area contributed by atoms with Gasteiger partial charge in [-0.1, -0.05) is 0 Å². The summed E-state index contributed by atoms with van der Waals surface area (Å²) in [5.74, 6) is 1.49. The summed E-state index contributed by atoms with van der Waals surface area (Å²) in [6.45, 7) is 2.75. The second-order valence-corrected chi connectivity index (χ2v) is 5.42. The van der Waals surface area contributed by atoms with Crippen LogP contribution < -0.4 is 9.47 Å². The molecular weight excluding hydrogens is 312 g/mol. The molecule has 86 valence electrons. The molecule has 0 unspecified atom stereocenters. The van der Waals surface area contributed by atoms with Crippen LogP contribution in [0.15, 0.2) is 21.5 Å². The number of rotatable bonds is 2. The lowest BCUT2D eigenvalue weighted by molar-refractivity contribution is 0.174. The molecule has 0 fully saturated rings. The maximum absolute atomic E-state index is 5.30. The van der Waals surface area contributed by atoms with Gasteiger partial charge in [0.05, 0.1) is 6.61 Å². The molecule has 1 aromatic carbocycles. The zero-order valence-electron chi connectivity index (χ0n) is 8.49. The molecular formula is C10H9BrO3S2. The molecule has 1 aromatic rings. The molecule has 0 radical (unpaired) electrons. The quantitative estimate of drug-likeness (QED) is 0.613. The predicted molar refractivity (Wildman–Crippen MR) is 70.3 cm³/mol. The number of hydrogen-bond donors (Lipinski definition) is 0. The molecule has 1 aliphatic heterocycles. The van der Waals surface area contributed by atoms with E-state index in [-0.39, 0.29) is 6.79 Å². The van der Waals surface area contributed by atoms with E-state index < -0.39 is 0 Å². The van der Waals surface area contributed by atoms with E-state index in [0.717, 1.165) is 20.9 Å². The van der Waals surface area contributed by atoms with Crippen molar-refractivity contribution in [1.82, 2.24) is 0 Å². The molecule has 0 saturated heterocycles. The number of thiocarbonyl (C=S) groups is 1. The Bertz CT molecular complexity index is 423. The van der Waals surface area contributed by atoms with Crippen molar-refractivity contribution in [3.8, 4) is 11.5 Å². The van der Waals surface area contributed by atoms with Gasteiger partial charge in [-0.3, -0.25) is 0 Å². The molecule has 0 spiro atoms. The van der Waals surface area contributed by atoms with Crippen molar-refractivity contribution in [3.05, 3.63) is 16.6 Å². The van der Waals surface area contributed by atoms with Gasteiger partial charge in [0.25, 0.3) is 0 Å². The topological polar surface area (TPSA) is 27.7 Å². The SMILES string of the molecule is CCOC(=S)Sc1cc2c(cc1Br)OCO2. The van der Waals surface area contributed by atoms with Gasteiger partial charge < -0.3 is 14.2 Å². The van der Waals surface area contributed by atoms with Crippen LogP contribution in [0.5, 0.6) is 11.5 Å². The van der Waals surface area contributed by atoms with Gasteiger partial charge in [0.15, 0.2) is 11.5 Å². The minimum atomic E-state index is 0.270. The van der Waals surface area contributed by atoms with Gasteiger partial charge in [-0.2, -0.15) is 0 Å². The van der Waals surface area contributed by atoms with Gasteiger partial charge in [0, 0.05) is 9.37 Å². The highest BCUT2D eigenvalue weighted by Gasteiger charge is 2.17. The summed E-state index contributed by atoms with van der Waals surface area (Å²) in [7, 11) is 0.